The second kappa shape index (κ2) is 5.38. The maximum Gasteiger partial charge on any atom is 0.161 e. The maximum atomic E-state index is 9.65. The van der Waals surface area contributed by atoms with Crippen molar-refractivity contribution in [3.8, 4) is 11.5 Å². The normalized spacial score (nSPS) is 16.6. The Labute approximate surface area is 101 Å². The van der Waals surface area contributed by atoms with E-state index in [1.54, 1.807) is 13.2 Å². The molecule has 1 aromatic rings. The summed E-state index contributed by atoms with van der Waals surface area (Å²) in [6, 6.07) is 5.43. The zero-order valence-electron chi connectivity index (χ0n) is 10.1. The third-order valence-corrected chi connectivity index (χ3v) is 2.97. The van der Waals surface area contributed by atoms with Crippen molar-refractivity contribution in [2.24, 2.45) is 11.7 Å². The van der Waals surface area contributed by atoms with Crippen LogP contribution in [0.3, 0.4) is 0 Å². The highest BCUT2D eigenvalue weighted by Gasteiger charge is 2.22. The van der Waals surface area contributed by atoms with E-state index < -0.39 is 6.10 Å². The fourth-order valence-corrected chi connectivity index (χ4v) is 1.64. The zero-order valence-corrected chi connectivity index (χ0v) is 10.1. The van der Waals surface area contributed by atoms with E-state index in [0.717, 1.165) is 17.9 Å². The second-order valence-electron chi connectivity index (χ2n) is 4.42. The molecule has 1 fully saturated rings. The van der Waals surface area contributed by atoms with Crippen molar-refractivity contribution in [3.05, 3.63) is 23.8 Å². The summed E-state index contributed by atoms with van der Waals surface area (Å²) >= 11 is 0. The monoisotopic (exact) mass is 237 g/mol. The fraction of sp³-hybridized carbons (Fsp3) is 0.538. The predicted molar refractivity (Wildman–Crippen MR) is 65.2 cm³/mol. The molecule has 1 aliphatic rings. The summed E-state index contributed by atoms with van der Waals surface area (Å²) in [5.41, 5.74) is 6.17. The standard InChI is InChI=1S/C13H19NO3/c1-16-13-6-10(11(15)7-14)4-5-12(13)17-8-9-2-3-9/h4-6,9,11,15H,2-3,7-8,14H2,1H3. The smallest absolute Gasteiger partial charge is 0.161 e. The van der Waals surface area contributed by atoms with Gasteiger partial charge in [-0.2, -0.15) is 0 Å². The van der Waals surface area contributed by atoms with E-state index in [1.807, 2.05) is 12.1 Å². The molecule has 4 nitrogen and oxygen atoms in total. The van der Waals surface area contributed by atoms with Gasteiger partial charge in [0, 0.05) is 6.54 Å². The summed E-state index contributed by atoms with van der Waals surface area (Å²) in [7, 11) is 1.60. The quantitative estimate of drug-likeness (QED) is 0.786. The minimum absolute atomic E-state index is 0.200. The number of aliphatic hydroxyl groups excluding tert-OH is 1. The number of hydrogen-bond donors (Lipinski definition) is 2. The zero-order chi connectivity index (χ0) is 12.3. The van der Waals surface area contributed by atoms with Crippen molar-refractivity contribution >= 4 is 0 Å². The van der Waals surface area contributed by atoms with E-state index in [9.17, 15) is 5.11 Å². The van der Waals surface area contributed by atoms with Crippen LogP contribution in [0.25, 0.3) is 0 Å². The van der Waals surface area contributed by atoms with E-state index in [1.165, 1.54) is 12.8 Å². The van der Waals surface area contributed by atoms with E-state index in [4.69, 9.17) is 15.2 Å². The number of rotatable bonds is 6. The van der Waals surface area contributed by atoms with Gasteiger partial charge in [0.2, 0.25) is 0 Å². The lowest BCUT2D eigenvalue weighted by atomic mass is 10.1. The predicted octanol–water partition coefficient (Wildman–Crippen LogP) is 1.48. The highest BCUT2D eigenvalue weighted by Crippen LogP contribution is 2.34. The van der Waals surface area contributed by atoms with Crippen LogP contribution in [0.4, 0.5) is 0 Å². The lowest BCUT2D eigenvalue weighted by Crippen LogP contribution is -2.11. The Morgan fingerprint density at radius 3 is 2.76 bits per heavy atom. The topological polar surface area (TPSA) is 64.7 Å². The van der Waals surface area contributed by atoms with Gasteiger partial charge in [0.05, 0.1) is 19.8 Å². The molecule has 0 aliphatic heterocycles. The van der Waals surface area contributed by atoms with Crippen LogP contribution in [0.1, 0.15) is 24.5 Å². The number of benzene rings is 1. The summed E-state index contributed by atoms with van der Waals surface area (Å²) in [4.78, 5) is 0. The summed E-state index contributed by atoms with van der Waals surface area (Å²) in [6.07, 6.45) is 1.86. The minimum Gasteiger partial charge on any atom is -0.493 e. The SMILES string of the molecule is COc1cc(C(O)CN)ccc1OCC1CC1. The largest absolute Gasteiger partial charge is 0.493 e. The summed E-state index contributed by atoms with van der Waals surface area (Å²) in [5, 5.41) is 9.65. The van der Waals surface area contributed by atoms with Gasteiger partial charge in [-0.15, -0.1) is 0 Å². The van der Waals surface area contributed by atoms with E-state index in [0.29, 0.717) is 11.7 Å². The van der Waals surface area contributed by atoms with Crippen LogP contribution in [-0.2, 0) is 0 Å². The van der Waals surface area contributed by atoms with E-state index in [-0.39, 0.29) is 6.54 Å². The summed E-state index contributed by atoms with van der Waals surface area (Å²) in [5.74, 6) is 2.08. The Bertz CT molecular complexity index is 377. The fourth-order valence-electron chi connectivity index (χ4n) is 1.64. The van der Waals surface area contributed by atoms with Crippen LogP contribution in [0.15, 0.2) is 18.2 Å². The van der Waals surface area contributed by atoms with Crippen molar-refractivity contribution in [1.82, 2.24) is 0 Å². The molecule has 0 radical (unpaired) electrons. The molecule has 3 N–H and O–H groups in total. The Morgan fingerprint density at radius 1 is 1.41 bits per heavy atom. The molecule has 2 rings (SSSR count). The molecular formula is C13H19NO3. The minimum atomic E-state index is -0.651. The van der Waals surface area contributed by atoms with Gasteiger partial charge in [-0.25, -0.2) is 0 Å². The molecule has 1 aliphatic carbocycles. The van der Waals surface area contributed by atoms with Crippen LogP contribution in [0.2, 0.25) is 0 Å². The molecular weight excluding hydrogens is 218 g/mol. The van der Waals surface area contributed by atoms with Gasteiger partial charge in [-0.1, -0.05) is 6.07 Å². The molecule has 0 saturated heterocycles. The lowest BCUT2D eigenvalue weighted by Gasteiger charge is -2.14. The van der Waals surface area contributed by atoms with Gasteiger partial charge >= 0.3 is 0 Å². The Kier molecular flexibility index (Phi) is 3.86. The van der Waals surface area contributed by atoms with E-state index >= 15 is 0 Å². The first-order valence-corrected chi connectivity index (χ1v) is 5.93. The van der Waals surface area contributed by atoms with Crippen LogP contribution < -0.4 is 15.2 Å². The number of methoxy groups -OCH3 is 1. The molecule has 1 saturated carbocycles. The molecule has 1 atom stereocenters. The average Bonchev–Trinajstić information content (AvgIpc) is 3.19. The van der Waals surface area contributed by atoms with E-state index in [2.05, 4.69) is 0 Å². The molecule has 0 aromatic heterocycles. The van der Waals surface area contributed by atoms with Crippen LogP contribution >= 0.6 is 0 Å². The van der Waals surface area contributed by atoms with Crippen molar-refractivity contribution in [3.63, 3.8) is 0 Å². The molecule has 0 amide bonds. The van der Waals surface area contributed by atoms with Crippen molar-refractivity contribution in [2.75, 3.05) is 20.3 Å². The molecule has 1 aromatic carbocycles. The van der Waals surface area contributed by atoms with Crippen molar-refractivity contribution in [2.45, 2.75) is 18.9 Å². The molecule has 0 spiro atoms. The van der Waals surface area contributed by atoms with Gasteiger partial charge in [-0.05, 0) is 36.5 Å². The first-order chi connectivity index (χ1) is 8.24. The van der Waals surface area contributed by atoms with Crippen LogP contribution in [-0.4, -0.2) is 25.4 Å². The Hall–Kier alpha value is -1.26. The van der Waals surface area contributed by atoms with Crippen molar-refractivity contribution < 1.29 is 14.6 Å². The molecule has 1 unspecified atom stereocenters. The van der Waals surface area contributed by atoms with Crippen LogP contribution in [0.5, 0.6) is 11.5 Å². The first kappa shape index (κ1) is 12.2. The molecule has 17 heavy (non-hydrogen) atoms. The van der Waals surface area contributed by atoms with Crippen LogP contribution in [0, 0.1) is 5.92 Å². The Morgan fingerprint density at radius 2 is 2.18 bits per heavy atom. The first-order valence-electron chi connectivity index (χ1n) is 5.93. The van der Waals surface area contributed by atoms with Gasteiger partial charge in [-0.3, -0.25) is 0 Å². The summed E-state index contributed by atoms with van der Waals surface area (Å²) in [6.45, 7) is 0.945. The maximum absolute atomic E-state index is 9.65. The van der Waals surface area contributed by atoms with Gasteiger partial charge in [0.15, 0.2) is 11.5 Å². The van der Waals surface area contributed by atoms with Gasteiger partial charge in [0.1, 0.15) is 0 Å². The average molecular weight is 237 g/mol. The van der Waals surface area contributed by atoms with Gasteiger partial charge < -0.3 is 20.3 Å². The third kappa shape index (κ3) is 3.11. The number of aliphatic hydroxyl groups is 1. The highest BCUT2D eigenvalue weighted by molar-refractivity contribution is 5.43. The molecule has 0 bridgehead atoms. The number of nitrogens with two attached hydrogens (primary N) is 1. The number of ether oxygens (including phenoxy) is 2. The highest BCUT2D eigenvalue weighted by atomic mass is 16.5. The summed E-state index contributed by atoms with van der Waals surface area (Å²) < 4.78 is 10.9. The molecule has 94 valence electrons. The molecule has 0 heterocycles. The second-order valence-corrected chi connectivity index (χ2v) is 4.42. The lowest BCUT2D eigenvalue weighted by molar-refractivity contribution is 0.186. The van der Waals surface area contributed by atoms with Gasteiger partial charge in [0.25, 0.3) is 0 Å². The third-order valence-electron chi connectivity index (χ3n) is 2.97. The van der Waals surface area contributed by atoms with Crippen molar-refractivity contribution in [1.29, 1.82) is 0 Å². The number of hydrogen-bond acceptors (Lipinski definition) is 4. The molecule has 4 heteroatoms. The Balaban J connectivity index is 2.09.